The summed E-state index contributed by atoms with van der Waals surface area (Å²) in [6.07, 6.45) is 0.402. The fraction of sp³-hybridized carbons (Fsp3) is 0.310. The molecule has 5 nitrogen and oxygen atoms in total. The SMILES string of the molecule is Cc1cc(OCC(=O)N(Cc2ccccc2)C(Cc2ccccc2)C(=O)NC(C)(C)C)ccc1Br. The number of nitrogens with zero attached hydrogens (tertiary/aromatic N) is 1. The lowest BCUT2D eigenvalue weighted by atomic mass is 10.0. The van der Waals surface area contributed by atoms with Crippen LogP contribution in [0.4, 0.5) is 0 Å². The number of aryl methyl sites for hydroxylation is 1. The van der Waals surface area contributed by atoms with E-state index in [1.807, 2.05) is 107 Å². The van der Waals surface area contributed by atoms with Gasteiger partial charge in [0.05, 0.1) is 0 Å². The van der Waals surface area contributed by atoms with Crippen LogP contribution >= 0.6 is 15.9 Å². The first-order chi connectivity index (χ1) is 16.6. The van der Waals surface area contributed by atoms with Crippen molar-refractivity contribution in [3.63, 3.8) is 0 Å². The molecule has 0 radical (unpaired) electrons. The van der Waals surface area contributed by atoms with Crippen LogP contribution in [0.25, 0.3) is 0 Å². The minimum Gasteiger partial charge on any atom is -0.484 e. The van der Waals surface area contributed by atoms with E-state index in [4.69, 9.17) is 4.74 Å². The van der Waals surface area contributed by atoms with E-state index in [1.165, 1.54) is 0 Å². The van der Waals surface area contributed by atoms with E-state index in [1.54, 1.807) is 4.90 Å². The maximum Gasteiger partial charge on any atom is 0.261 e. The van der Waals surface area contributed by atoms with Gasteiger partial charge in [0.15, 0.2) is 6.61 Å². The molecule has 2 amide bonds. The van der Waals surface area contributed by atoms with E-state index in [0.29, 0.717) is 18.7 Å². The Bertz CT molecular complexity index is 1130. The quantitative estimate of drug-likeness (QED) is 0.382. The Kier molecular flexibility index (Phi) is 9.10. The summed E-state index contributed by atoms with van der Waals surface area (Å²) in [6.45, 7) is 7.92. The average molecular weight is 537 g/mol. The van der Waals surface area contributed by atoms with Crippen molar-refractivity contribution in [2.75, 3.05) is 6.61 Å². The maximum absolute atomic E-state index is 13.6. The molecule has 0 aliphatic carbocycles. The van der Waals surface area contributed by atoms with Gasteiger partial charge in [0.1, 0.15) is 11.8 Å². The van der Waals surface area contributed by atoms with E-state index in [-0.39, 0.29) is 18.4 Å². The Labute approximate surface area is 216 Å². The van der Waals surface area contributed by atoms with Crippen molar-refractivity contribution in [3.05, 3.63) is 100 Å². The van der Waals surface area contributed by atoms with E-state index < -0.39 is 11.6 Å². The summed E-state index contributed by atoms with van der Waals surface area (Å²) in [4.78, 5) is 28.7. The highest BCUT2D eigenvalue weighted by Gasteiger charge is 2.32. The van der Waals surface area contributed by atoms with Gasteiger partial charge in [0.2, 0.25) is 5.91 Å². The number of hydrogen-bond acceptors (Lipinski definition) is 3. The highest BCUT2D eigenvalue weighted by Crippen LogP contribution is 2.22. The number of carbonyl (C=O) groups is 2. The second-order valence-electron chi connectivity index (χ2n) is 9.65. The Hall–Kier alpha value is -3.12. The molecule has 6 heteroatoms. The summed E-state index contributed by atoms with van der Waals surface area (Å²) in [6, 6.07) is 24.4. The van der Waals surface area contributed by atoms with Gasteiger partial charge < -0.3 is 15.0 Å². The third-order valence-corrected chi connectivity index (χ3v) is 6.35. The van der Waals surface area contributed by atoms with Gasteiger partial charge in [0.25, 0.3) is 5.91 Å². The zero-order valence-corrected chi connectivity index (χ0v) is 22.3. The number of rotatable bonds is 9. The molecule has 35 heavy (non-hydrogen) atoms. The zero-order chi connectivity index (χ0) is 25.4. The van der Waals surface area contributed by atoms with Gasteiger partial charge in [0, 0.05) is 23.0 Å². The normalized spacial score (nSPS) is 12.0. The number of ether oxygens (including phenoxy) is 1. The smallest absolute Gasteiger partial charge is 0.261 e. The molecular formula is C29H33BrN2O3. The Morgan fingerprint density at radius 3 is 2.11 bits per heavy atom. The fourth-order valence-electron chi connectivity index (χ4n) is 3.72. The van der Waals surface area contributed by atoms with E-state index in [2.05, 4.69) is 21.2 Å². The van der Waals surface area contributed by atoms with Gasteiger partial charge >= 0.3 is 0 Å². The summed E-state index contributed by atoms with van der Waals surface area (Å²) in [5, 5.41) is 3.07. The average Bonchev–Trinajstić information content (AvgIpc) is 2.82. The molecular weight excluding hydrogens is 504 g/mol. The molecule has 1 N–H and O–H groups in total. The van der Waals surface area contributed by atoms with E-state index in [9.17, 15) is 9.59 Å². The Morgan fingerprint density at radius 2 is 1.54 bits per heavy atom. The highest BCUT2D eigenvalue weighted by molar-refractivity contribution is 9.10. The van der Waals surface area contributed by atoms with Crippen LogP contribution in [0.15, 0.2) is 83.3 Å². The van der Waals surface area contributed by atoms with Crippen molar-refractivity contribution in [2.24, 2.45) is 0 Å². The van der Waals surface area contributed by atoms with Crippen LogP contribution in [0.2, 0.25) is 0 Å². The second kappa shape index (κ2) is 12.0. The van der Waals surface area contributed by atoms with E-state index in [0.717, 1.165) is 21.2 Å². The minimum atomic E-state index is -0.695. The van der Waals surface area contributed by atoms with Gasteiger partial charge in [-0.3, -0.25) is 9.59 Å². The van der Waals surface area contributed by atoms with Crippen molar-refractivity contribution in [3.8, 4) is 5.75 Å². The predicted octanol–water partition coefficient (Wildman–Crippen LogP) is 5.69. The fourth-order valence-corrected chi connectivity index (χ4v) is 3.97. The van der Waals surface area contributed by atoms with Crippen molar-refractivity contribution in [1.82, 2.24) is 10.2 Å². The molecule has 0 aliphatic rings. The standard InChI is InChI=1S/C29H33BrN2O3/c1-21-17-24(15-16-25(21)30)35-20-27(33)32(19-23-13-9-6-10-14-23)26(28(34)31-29(2,3)4)18-22-11-7-5-8-12-22/h5-17,26H,18-20H2,1-4H3,(H,31,34). The van der Waals surface area contributed by atoms with Crippen LogP contribution in [0, 0.1) is 6.92 Å². The molecule has 0 saturated heterocycles. The van der Waals surface area contributed by atoms with Gasteiger partial charge in [-0.15, -0.1) is 0 Å². The number of hydrogen-bond donors (Lipinski definition) is 1. The second-order valence-corrected chi connectivity index (χ2v) is 10.5. The summed E-state index contributed by atoms with van der Waals surface area (Å²) in [5.41, 5.74) is 2.51. The minimum absolute atomic E-state index is 0.165. The Morgan fingerprint density at radius 1 is 0.943 bits per heavy atom. The van der Waals surface area contributed by atoms with Crippen molar-refractivity contribution in [2.45, 2.75) is 52.2 Å². The third kappa shape index (κ3) is 8.25. The molecule has 3 aromatic carbocycles. The lowest BCUT2D eigenvalue weighted by molar-refractivity contribution is -0.143. The molecule has 3 aromatic rings. The topological polar surface area (TPSA) is 58.6 Å². The van der Waals surface area contributed by atoms with Crippen molar-refractivity contribution >= 4 is 27.7 Å². The summed E-state index contributed by atoms with van der Waals surface area (Å²) >= 11 is 3.48. The van der Waals surface area contributed by atoms with Crippen LogP contribution in [-0.4, -0.2) is 34.9 Å². The number of carbonyl (C=O) groups excluding carboxylic acids is 2. The molecule has 0 aromatic heterocycles. The predicted molar refractivity (Wildman–Crippen MR) is 143 cm³/mol. The molecule has 0 fully saturated rings. The molecule has 0 aliphatic heterocycles. The van der Waals surface area contributed by atoms with Crippen LogP contribution in [0.1, 0.15) is 37.5 Å². The molecule has 0 bridgehead atoms. The van der Waals surface area contributed by atoms with Crippen molar-refractivity contribution in [1.29, 1.82) is 0 Å². The van der Waals surface area contributed by atoms with Crippen LogP contribution in [0.5, 0.6) is 5.75 Å². The molecule has 0 saturated carbocycles. The summed E-state index contributed by atoms with van der Waals surface area (Å²) in [5.74, 6) is 0.169. The van der Waals surface area contributed by atoms with E-state index >= 15 is 0 Å². The number of amides is 2. The monoisotopic (exact) mass is 536 g/mol. The first kappa shape index (κ1) is 26.5. The van der Waals surface area contributed by atoms with Gasteiger partial charge in [-0.25, -0.2) is 0 Å². The molecule has 1 atom stereocenters. The largest absolute Gasteiger partial charge is 0.484 e. The number of halogens is 1. The van der Waals surface area contributed by atoms with Crippen molar-refractivity contribution < 1.29 is 14.3 Å². The first-order valence-corrected chi connectivity index (χ1v) is 12.5. The highest BCUT2D eigenvalue weighted by atomic mass is 79.9. The summed E-state index contributed by atoms with van der Waals surface area (Å²) < 4.78 is 6.84. The van der Waals surface area contributed by atoms with Gasteiger partial charge in [-0.2, -0.15) is 0 Å². The number of benzene rings is 3. The molecule has 0 spiro atoms. The molecule has 1 unspecified atom stereocenters. The summed E-state index contributed by atoms with van der Waals surface area (Å²) in [7, 11) is 0. The lowest BCUT2D eigenvalue weighted by Crippen LogP contribution is -2.55. The zero-order valence-electron chi connectivity index (χ0n) is 20.8. The maximum atomic E-state index is 13.6. The first-order valence-electron chi connectivity index (χ1n) is 11.7. The number of nitrogens with one attached hydrogen (secondary N) is 1. The van der Waals surface area contributed by atoms with Gasteiger partial charge in [-0.1, -0.05) is 76.6 Å². The van der Waals surface area contributed by atoms with Crippen LogP contribution in [0.3, 0.4) is 0 Å². The van der Waals surface area contributed by atoms with Crippen LogP contribution < -0.4 is 10.1 Å². The Balaban J connectivity index is 1.90. The molecule has 184 valence electrons. The van der Waals surface area contributed by atoms with Crippen LogP contribution in [-0.2, 0) is 22.6 Å². The van der Waals surface area contributed by atoms with Gasteiger partial charge in [-0.05, 0) is 62.6 Å². The molecule has 3 rings (SSSR count). The molecule has 0 heterocycles. The lowest BCUT2D eigenvalue weighted by Gasteiger charge is -2.33. The third-order valence-electron chi connectivity index (χ3n) is 5.46.